The lowest BCUT2D eigenvalue weighted by Crippen LogP contribution is -1.99. The molecule has 276 valence electrons. The van der Waals surface area contributed by atoms with Crippen LogP contribution in [0.25, 0.3) is 44.7 Å². The maximum Gasteiger partial charge on any atom is 0.273 e. The Morgan fingerprint density at radius 2 is 1.21 bits per heavy atom. The number of hydrogen-bond donors (Lipinski definition) is 1. The van der Waals surface area contributed by atoms with Gasteiger partial charge < -0.3 is 19.3 Å². The van der Waals surface area contributed by atoms with Crippen LogP contribution in [0, 0.1) is 34.1 Å². The van der Waals surface area contributed by atoms with Gasteiger partial charge in [0.1, 0.15) is 27.0 Å². The molecule has 0 amide bonds. The molecule has 0 bridgehead atoms. The average molecular weight is 952 g/mol. The Morgan fingerprint density at radius 1 is 0.736 bits per heavy atom. The molecular formula is C36H31Br3N4O8S2. The van der Waals surface area contributed by atoms with Crippen LogP contribution < -0.4 is 4.74 Å². The van der Waals surface area contributed by atoms with Crippen LogP contribution in [0.1, 0.15) is 32.3 Å². The fourth-order valence-corrected chi connectivity index (χ4v) is 7.21. The molecule has 6 aromatic rings. The van der Waals surface area contributed by atoms with Gasteiger partial charge in [0.15, 0.2) is 6.79 Å². The minimum atomic E-state index is -0.377. The summed E-state index contributed by atoms with van der Waals surface area (Å²) in [5, 5.41) is 33.1. The van der Waals surface area contributed by atoms with Crippen molar-refractivity contribution in [2.45, 2.75) is 13.8 Å². The number of methoxy groups -OCH3 is 2. The Morgan fingerprint density at radius 3 is 1.62 bits per heavy atom. The van der Waals surface area contributed by atoms with Gasteiger partial charge in [-0.25, -0.2) is 9.97 Å². The van der Waals surface area contributed by atoms with Gasteiger partial charge in [0.2, 0.25) is 0 Å². The number of halogens is 3. The quantitative estimate of drug-likeness (QED) is 0.0606. The van der Waals surface area contributed by atoms with Crippen LogP contribution in [0.5, 0.6) is 11.5 Å². The van der Waals surface area contributed by atoms with E-state index in [1.165, 1.54) is 22.7 Å². The number of benzene rings is 4. The van der Waals surface area contributed by atoms with Gasteiger partial charge in [0.05, 0.1) is 39.2 Å². The summed E-state index contributed by atoms with van der Waals surface area (Å²) in [6, 6.07) is 17.5. The highest BCUT2D eigenvalue weighted by molar-refractivity contribution is 9.11. The molecule has 0 radical (unpaired) electrons. The first-order chi connectivity index (χ1) is 25.3. The van der Waals surface area contributed by atoms with Gasteiger partial charge in [-0.1, -0.05) is 40.2 Å². The Balaban J connectivity index is 0.000000216. The van der Waals surface area contributed by atoms with Crippen molar-refractivity contribution in [2.24, 2.45) is 0 Å². The number of thiazole rings is 2. The standard InChI is InChI=1S/C18H15BrN2O4S.C16H11BrN2O3S.C2H5BrO/c1-11-7-14-17(9-15(11)21(22)23)26-18(20-14)6-4-12-3-5-16(13(19)8-12)25-10-24-2;1-9-6-12-15(8-13(9)19(21)22)23-16(18-12)5-3-10-2-4-14(20)11(17)7-10;1-4-2-3/h3-9H,10H2,1-2H3;2-8,20H,1H3;2H2,1H3/b6-4+;5-3+;. The highest BCUT2D eigenvalue weighted by Crippen LogP contribution is 2.33. The third-order valence-corrected chi connectivity index (χ3v) is 10.7. The van der Waals surface area contributed by atoms with Crippen molar-refractivity contribution in [1.29, 1.82) is 0 Å². The maximum absolute atomic E-state index is 11.1. The van der Waals surface area contributed by atoms with Crippen molar-refractivity contribution >= 4 is 127 Å². The number of phenolic OH excluding ortho intramolecular Hbond substituents is 1. The molecular weight excluding hydrogens is 920 g/mol. The maximum atomic E-state index is 11.1. The summed E-state index contributed by atoms with van der Waals surface area (Å²) in [6.07, 6.45) is 7.56. The lowest BCUT2D eigenvalue weighted by molar-refractivity contribution is -0.385. The summed E-state index contributed by atoms with van der Waals surface area (Å²) in [5.41, 5.74) is 5.48. The molecule has 4 aromatic carbocycles. The highest BCUT2D eigenvalue weighted by atomic mass is 79.9. The topological polar surface area (TPSA) is 160 Å². The summed E-state index contributed by atoms with van der Waals surface area (Å²) in [4.78, 5) is 30.3. The summed E-state index contributed by atoms with van der Waals surface area (Å²) in [6.45, 7) is 3.61. The number of aromatic hydroxyl groups is 1. The summed E-state index contributed by atoms with van der Waals surface area (Å²) in [5.74, 6) is 0.886. The number of fused-ring (bicyclic) bond motifs is 2. The largest absolute Gasteiger partial charge is 0.507 e. The van der Waals surface area contributed by atoms with E-state index in [1.807, 2.05) is 42.5 Å². The third kappa shape index (κ3) is 11.7. The van der Waals surface area contributed by atoms with E-state index in [4.69, 9.17) is 9.47 Å². The zero-order valence-corrected chi connectivity index (χ0v) is 34.9. The number of phenols is 1. The number of aryl methyl sites for hydroxylation is 2. The van der Waals surface area contributed by atoms with E-state index in [1.54, 1.807) is 70.5 Å². The number of rotatable bonds is 10. The summed E-state index contributed by atoms with van der Waals surface area (Å²) in [7, 11) is 3.20. The van der Waals surface area contributed by atoms with Crippen molar-refractivity contribution in [1.82, 2.24) is 9.97 Å². The lowest BCUT2D eigenvalue weighted by Gasteiger charge is -2.07. The molecule has 0 saturated carbocycles. The zero-order chi connectivity index (χ0) is 38.7. The van der Waals surface area contributed by atoms with E-state index in [2.05, 4.69) is 62.5 Å². The number of aromatic nitrogens is 2. The molecule has 2 aromatic heterocycles. The molecule has 0 aliphatic carbocycles. The highest BCUT2D eigenvalue weighted by Gasteiger charge is 2.15. The van der Waals surface area contributed by atoms with E-state index in [-0.39, 0.29) is 33.8 Å². The predicted molar refractivity (Wildman–Crippen MR) is 223 cm³/mol. The number of nitro benzene ring substituents is 2. The summed E-state index contributed by atoms with van der Waals surface area (Å²) >= 11 is 12.6. The molecule has 0 aliphatic rings. The minimum absolute atomic E-state index is 0.110. The van der Waals surface area contributed by atoms with E-state index in [0.717, 1.165) is 46.0 Å². The first-order valence-electron chi connectivity index (χ1n) is 15.3. The smallest absolute Gasteiger partial charge is 0.273 e. The second kappa shape index (κ2) is 19.8. The Hall–Kier alpha value is -4.10. The van der Waals surface area contributed by atoms with Crippen LogP contribution in [-0.2, 0) is 9.47 Å². The van der Waals surface area contributed by atoms with Crippen LogP contribution in [0.15, 0.2) is 69.6 Å². The van der Waals surface area contributed by atoms with Gasteiger partial charge in [-0.2, -0.15) is 0 Å². The van der Waals surface area contributed by atoms with E-state index in [0.29, 0.717) is 26.9 Å². The van der Waals surface area contributed by atoms with E-state index < -0.39 is 0 Å². The monoisotopic (exact) mass is 948 g/mol. The Labute approximate surface area is 337 Å². The average Bonchev–Trinajstić information content (AvgIpc) is 3.72. The molecule has 53 heavy (non-hydrogen) atoms. The second-order valence-corrected chi connectivity index (χ2v) is 15.1. The van der Waals surface area contributed by atoms with Gasteiger partial charge in [0, 0.05) is 37.5 Å². The van der Waals surface area contributed by atoms with Gasteiger partial charge in [-0.15, -0.1) is 22.7 Å². The fourth-order valence-electron chi connectivity index (χ4n) is 4.53. The van der Waals surface area contributed by atoms with Gasteiger partial charge in [0.25, 0.3) is 11.4 Å². The number of ether oxygens (including phenoxy) is 3. The molecule has 0 unspecified atom stereocenters. The van der Waals surface area contributed by atoms with Gasteiger partial charge in [-0.3, -0.25) is 20.2 Å². The normalized spacial score (nSPS) is 11.1. The van der Waals surface area contributed by atoms with Crippen LogP contribution in [-0.4, -0.2) is 51.4 Å². The predicted octanol–water partition coefficient (Wildman–Crippen LogP) is 11.6. The second-order valence-electron chi connectivity index (χ2n) is 10.8. The van der Waals surface area contributed by atoms with Crippen LogP contribution >= 0.6 is 70.5 Å². The fraction of sp³-hybridized carbons (Fsp3) is 0.167. The van der Waals surface area contributed by atoms with Crippen molar-refractivity contribution in [3.63, 3.8) is 0 Å². The molecule has 17 heteroatoms. The van der Waals surface area contributed by atoms with Crippen LogP contribution in [0.2, 0.25) is 0 Å². The first-order valence-corrected chi connectivity index (χ1v) is 19.6. The minimum Gasteiger partial charge on any atom is -0.507 e. The molecule has 0 aliphatic heterocycles. The van der Waals surface area contributed by atoms with E-state index in [9.17, 15) is 25.3 Å². The lowest BCUT2D eigenvalue weighted by atomic mass is 10.2. The molecule has 0 saturated heterocycles. The molecule has 6 rings (SSSR count). The molecule has 0 fully saturated rings. The van der Waals surface area contributed by atoms with Crippen molar-refractivity contribution in [3.05, 3.63) is 122 Å². The van der Waals surface area contributed by atoms with Crippen LogP contribution in [0.3, 0.4) is 0 Å². The van der Waals surface area contributed by atoms with Crippen molar-refractivity contribution < 1.29 is 29.2 Å². The SMILES string of the molecule is COCBr.COCOc1ccc(/C=C/c2nc3cc(C)c([N+](=O)[O-])cc3s2)cc1Br.Cc1cc2nc(/C=C/c3ccc(O)c(Br)c3)sc2cc1[N+](=O)[O-]. The molecule has 0 atom stereocenters. The van der Waals surface area contributed by atoms with Gasteiger partial charge in [-0.05, 0) is 105 Å². The van der Waals surface area contributed by atoms with Crippen LogP contribution in [0.4, 0.5) is 11.4 Å². The Kier molecular flexibility index (Phi) is 15.6. The van der Waals surface area contributed by atoms with E-state index >= 15 is 0 Å². The molecule has 12 nitrogen and oxygen atoms in total. The van der Waals surface area contributed by atoms with Gasteiger partial charge >= 0.3 is 0 Å². The Bertz CT molecular complexity index is 2310. The number of nitro groups is 2. The van der Waals surface area contributed by atoms with Crippen molar-refractivity contribution in [2.75, 3.05) is 26.5 Å². The number of nitrogens with zero attached hydrogens (tertiary/aromatic N) is 4. The number of hydrogen-bond acceptors (Lipinski definition) is 12. The number of alkyl halides is 1. The molecule has 2 heterocycles. The first kappa shape index (κ1) is 41.7. The third-order valence-electron chi connectivity index (χ3n) is 7.04. The molecule has 0 spiro atoms. The zero-order valence-electron chi connectivity index (χ0n) is 28.5. The summed E-state index contributed by atoms with van der Waals surface area (Å²) < 4.78 is 17.8. The van der Waals surface area contributed by atoms with Crippen molar-refractivity contribution in [3.8, 4) is 11.5 Å². The molecule has 1 N–H and O–H groups in total.